The number of rotatable bonds is 13. The van der Waals surface area contributed by atoms with Gasteiger partial charge in [0.25, 0.3) is 0 Å². The molecule has 13 nitrogen and oxygen atoms in total. The van der Waals surface area contributed by atoms with Gasteiger partial charge in [-0.3, -0.25) is 19.2 Å². The molecular formula is C20H29N5O8S. The predicted octanol–water partition coefficient (Wildman–Crippen LogP) is -3.01. The number of hydrogen-bond acceptors (Lipinski definition) is 9. The lowest BCUT2D eigenvalue weighted by molar-refractivity contribution is -0.141. The molecule has 0 bridgehead atoms. The van der Waals surface area contributed by atoms with Gasteiger partial charge in [-0.2, -0.15) is 12.6 Å². The standard InChI is InChI=1S/C20H29N5O8S/c1-9(26)16(22)19(31)24-13(7-15(21)28)18(30)23-12(6-10-2-4-11(27)5-3-10)17(29)25-14(8-34)20(32)33/h2-5,9,12-14,16,26-27,34H,6-8,22H2,1H3,(H2,21,28)(H,23,30)(H,24,31)(H,25,29)(H,32,33). The molecule has 34 heavy (non-hydrogen) atoms. The molecule has 188 valence electrons. The maximum absolute atomic E-state index is 12.9. The summed E-state index contributed by atoms with van der Waals surface area (Å²) >= 11 is 3.88. The van der Waals surface area contributed by atoms with E-state index in [0.717, 1.165) is 0 Å². The minimum absolute atomic E-state index is 0.0338. The third-order valence-electron chi connectivity index (χ3n) is 4.67. The van der Waals surface area contributed by atoms with E-state index in [0.29, 0.717) is 5.56 Å². The van der Waals surface area contributed by atoms with Gasteiger partial charge in [0.05, 0.1) is 12.5 Å². The second-order valence-electron chi connectivity index (χ2n) is 7.51. The Morgan fingerprint density at radius 2 is 1.44 bits per heavy atom. The first kappa shape index (κ1) is 28.7. The Labute approximate surface area is 200 Å². The average molecular weight is 500 g/mol. The molecule has 1 aromatic carbocycles. The van der Waals surface area contributed by atoms with Crippen molar-refractivity contribution < 1.29 is 39.3 Å². The number of aliphatic hydroxyl groups is 1. The molecule has 0 spiro atoms. The highest BCUT2D eigenvalue weighted by Gasteiger charge is 2.31. The van der Waals surface area contributed by atoms with E-state index in [4.69, 9.17) is 11.5 Å². The Balaban J connectivity index is 3.14. The van der Waals surface area contributed by atoms with Crippen molar-refractivity contribution in [2.24, 2.45) is 11.5 Å². The number of phenolic OH excluding ortho intramolecular Hbond substituents is 1. The molecule has 5 unspecified atom stereocenters. The maximum Gasteiger partial charge on any atom is 0.327 e. The highest BCUT2D eigenvalue weighted by Crippen LogP contribution is 2.12. The van der Waals surface area contributed by atoms with Crippen molar-refractivity contribution in [2.45, 2.75) is 50.0 Å². The number of carbonyl (C=O) groups is 5. The Morgan fingerprint density at radius 3 is 1.91 bits per heavy atom. The molecule has 0 heterocycles. The van der Waals surface area contributed by atoms with Gasteiger partial charge in [-0.15, -0.1) is 0 Å². The highest BCUT2D eigenvalue weighted by molar-refractivity contribution is 7.80. The number of nitrogens with one attached hydrogen (secondary N) is 3. The van der Waals surface area contributed by atoms with Crippen LogP contribution in [0.2, 0.25) is 0 Å². The molecule has 0 aliphatic carbocycles. The summed E-state index contributed by atoms with van der Waals surface area (Å²) in [6.07, 6.45) is -2.01. The Bertz CT molecular complexity index is 895. The van der Waals surface area contributed by atoms with Crippen LogP contribution in [0.1, 0.15) is 18.9 Å². The molecule has 14 heteroatoms. The molecule has 5 atom stereocenters. The van der Waals surface area contributed by atoms with E-state index in [9.17, 15) is 39.3 Å². The second kappa shape index (κ2) is 13.4. The van der Waals surface area contributed by atoms with Crippen LogP contribution in [0.15, 0.2) is 24.3 Å². The van der Waals surface area contributed by atoms with Gasteiger partial charge >= 0.3 is 5.97 Å². The maximum atomic E-state index is 12.9. The molecule has 1 aromatic rings. The number of hydrogen-bond donors (Lipinski definition) is 9. The third-order valence-corrected chi connectivity index (χ3v) is 5.03. The minimum Gasteiger partial charge on any atom is -0.508 e. The van der Waals surface area contributed by atoms with Gasteiger partial charge in [0, 0.05) is 12.2 Å². The largest absolute Gasteiger partial charge is 0.508 e. The van der Waals surface area contributed by atoms with Gasteiger partial charge in [-0.05, 0) is 24.6 Å². The summed E-state index contributed by atoms with van der Waals surface area (Å²) in [4.78, 5) is 60.5. The Morgan fingerprint density at radius 1 is 0.941 bits per heavy atom. The lowest BCUT2D eigenvalue weighted by Gasteiger charge is -2.25. The van der Waals surface area contributed by atoms with Crippen molar-refractivity contribution in [1.82, 2.24) is 16.0 Å². The van der Waals surface area contributed by atoms with Crippen molar-refractivity contribution in [3.05, 3.63) is 29.8 Å². The van der Waals surface area contributed by atoms with Gasteiger partial charge in [0.2, 0.25) is 23.6 Å². The van der Waals surface area contributed by atoms with E-state index < -0.39 is 66.3 Å². The van der Waals surface area contributed by atoms with Crippen LogP contribution in [-0.2, 0) is 30.4 Å². The van der Waals surface area contributed by atoms with Crippen LogP contribution in [0.25, 0.3) is 0 Å². The van der Waals surface area contributed by atoms with Crippen LogP contribution in [0.3, 0.4) is 0 Å². The number of carbonyl (C=O) groups excluding carboxylic acids is 4. The number of aromatic hydroxyl groups is 1. The molecule has 10 N–H and O–H groups in total. The summed E-state index contributed by atoms with van der Waals surface area (Å²) < 4.78 is 0. The lowest BCUT2D eigenvalue weighted by atomic mass is 10.0. The number of phenols is 1. The first-order valence-electron chi connectivity index (χ1n) is 10.1. The molecule has 0 aliphatic rings. The number of carboxylic acids is 1. The number of amides is 4. The van der Waals surface area contributed by atoms with Gasteiger partial charge in [-0.1, -0.05) is 12.1 Å². The fraction of sp³-hybridized carbons (Fsp3) is 0.450. The van der Waals surface area contributed by atoms with E-state index in [1.807, 2.05) is 0 Å². The molecular weight excluding hydrogens is 470 g/mol. The zero-order valence-corrected chi connectivity index (χ0v) is 19.2. The molecule has 0 aliphatic heterocycles. The zero-order chi connectivity index (χ0) is 26.0. The van der Waals surface area contributed by atoms with E-state index in [1.165, 1.54) is 31.2 Å². The smallest absolute Gasteiger partial charge is 0.327 e. The first-order valence-corrected chi connectivity index (χ1v) is 10.7. The highest BCUT2D eigenvalue weighted by atomic mass is 32.1. The molecule has 0 aromatic heterocycles. The fourth-order valence-corrected chi connectivity index (χ4v) is 2.95. The van der Waals surface area contributed by atoms with Gasteiger partial charge < -0.3 is 42.7 Å². The van der Waals surface area contributed by atoms with Gasteiger partial charge in [0.1, 0.15) is 29.9 Å². The lowest BCUT2D eigenvalue weighted by Crippen LogP contribution is -2.59. The number of thiol groups is 1. The summed E-state index contributed by atoms with van der Waals surface area (Å²) in [5.74, 6) is -5.31. The Kier molecular flexibility index (Phi) is 11.3. The topological polar surface area (TPSA) is 234 Å². The van der Waals surface area contributed by atoms with E-state index in [2.05, 4.69) is 28.6 Å². The number of primary amides is 1. The van der Waals surface area contributed by atoms with Crippen molar-refractivity contribution in [3.63, 3.8) is 0 Å². The summed E-state index contributed by atoms with van der Waals surface area (Å²) in [7, 11) is 0. The molecule has 0 saturated heterocycles. The van der Waals surface area contributed by atoms with E-state index >= 15 is 0 Å². The predicted molar refractivity (Wildman–Crippen MR) is 123 cm³/mol. The average Bonchev–Trinajstić information content (AvgIpc) is 2.76. The number of aliphatic hydroxyl groups excluding tert-OH is 1. The SMILES string of the molecule is CC(O)C(N)C(=O)NC(CC(N)=O)C(=O)NC(Cc1ccc(O)cc1)C(=O)NC(CS)C(=O)O. The van der Waals surface area contributed by atoms with Crippen LogP contribution in [0.5, 0.6) is 5.75 Å². The minimum atomic E-state index is -1.52. The number of aliphatic carboxylic acids is 1. The molecule has 1 rings (SSSR count). The normalized spacial score (nSPS) is 15.2. The summed E-state index contributed by atoms with van der Waals surface area (Å²) in [5.41, 5.74) is 11.2. The first-order chi connectivity index (χ1) is 15.8. The molecule has 0 radical (unpaired) electrons. The summed E-state index contributed by atoms with van der Waals surface area (Å²) in [6.45, 7) is 1.26. The van der Waals surface area contributed by atoms with Crippen molar-refractivity contribution in [2.75, 3.05) is 5.75 Å². The number of nitrogens with two attached hydrogens (primary N) is 2. The van der Waals surface area contributed by atoms with Crippen LogP contribution >= 0.6 is 12.6 Å². The monoisotopic (exact) mass is 499 g/mol. The van der Waals surface area contributed by atoms with E-state index in [-0.39, 0.29) is 17.9 Å². The Hall–Kier alpha value is -3.36. The van der Waals surface area contributed by atoms with Crippen molar-refractivity contribution >= 4 is 42.2 Å². The van der Waals surface area contributed by atoms with Crippen molar-refractivity contribution in [3.8, 4) is 5.75 Å². The van der Waals surface area contributed by atoms with Crippen LogP contribution in [0, 0.1) is 0 Å². The quantitative estimate of drug-likeness (QED) is 0.125. The molecule has 0 fully saturated rings. The third kappa shape index (κ3) is 9.25. The van der Waals surface area contributed by atoms with Crippen LogP contribution < -0.4 is 27.4 Å². The number of carboxylic acid groups (broad SMARTS) is 1. The van der Waals surface area contributed by atoms with Gasteiger partial charge in [0.15, 0.2) is 0 Å². The van der Waals surface area contributed by atoms with Crippen molar-refractivity contribution in [1.29, 1.82) is 0 Å². The summed E-state index contributed by atoms with van der Waals surface area (Å²) in [6, 6.07) is 0.0763. The van der Waals surface area contributed by atoms with E-state index in [1.54, 1.807) is 0 Å². The van der Waals surface area contributed by atoms with Gasteiger partial charge in [-0.25, -0.2) is 4.79 Å². The molecule has 4 amide bonds. The summed E-state index contributed by atoms with van der Waals surface area (Å²) in [5, 5.41) is 34.9. The zero-order valence-electron chi connectivity index (χ0n) is 18.3. The fourth-order valence-electron chi connectivity index (χ4n) is 2.70. The second-order valence-corrected chi connectivity index (χ2v) is 7.88. The van der Waals surface area contributed by atoms with Crippen LogP contribution in [-0.4, -0.2) is 80.9 Å². The number of benzene rings is 1. The molecule has 0 saturated carbocycles. The van der Waals surface area contributed by atoms with Crippen LogP contribution in [0.4, 0.5) is 0 Å².